The molecule has 0 aliphatic carbocycles. The average Bonchev–Trinajstić information content (AvgIpc) is 3.23. The monoisotopic (exact) mass is 613 g/mol. The van der Waals surface area contributed by atoms with Crippen LogP contribution in [0.2, 0.25) is 0 Å². The highest BCUT2D eigenvalue weighted by atomic mass is 79.9. The van der Waals surface area contributed by atoms with E-state index in [1.807, 2.05) is 45.0 Å². The van der Waals surface area contributed by atoms with Crippen molar-refractivity contribution in [3.63, 3.8) is 0 Å². The van der Waals surface area contributed by atoms with Crippen LogP contribution >= 0.6 is 15.9 Å². The minimum atomic E-state index is -2.80. The van der Waals surface area contributed by atoms with Gasteiger partial charge in [0.15, 0.2) is 11.6 Å². The first-order chi connectivity index (χ1) is 18.2. The summed E-state index contributed by atoms with van der Waals surface area (Å²) in [6, 6.07) is 7.86. The van der Waals surface area contributed by atoms with Gasteiger partial charge in [0.2, 0.25) is 0 Å². The first-order valence-electron chi connectivity index (χ1n) is 12.4. The van der Waals surface area contributed by atoms with Gasteiger partial charge in [-0.25, -0.2) is 27.2 Å². The predicted molar refractivity (Wildman–Crippen MR) is 143 cm³/mol. The molecular weight excluding hydrogens is 582 g/mol. The number of hydrogen-bond donors (Lipinski definition) is 2. The normalized spacial score (nSPS) is 14.4. The molecule has 3 rings (SSSR count). The molecule has 3 N–H and O–H groups in total. The van der Waals surface area contributed by atoms with Crippen LogP contribution in [0.4, 0.5) is 17.6 Å². The summed E-state index contributed by atoms with van der Waals surface area (Å²) in [7, 11) is 0. The van der Waals surface area contributed by atoms with E-state index in [9.17, 15) is 27.5 Å². The van der Waals surface area contributed by atoms with E-state index in [0.717, 1.165) is 28.2 Å². The van der Waals surface area contributed by atoms with Gasteiger partial charge < -0.3 is 15.7 Å². The third-order valence-electron chi connectivity index (χ3n) is 6.14. The van der Waals surface area contributed by atoms with Crippen LogP contribution in [0.15, 0.2) is 46.9 Å². The lowest BCUT2D eigenvalue weighted by Gasteiger charge is -2.40. The van der Waals surface area contributed by atoms with Crippen molar-refractivity contribution in [2.24, 2.45) is 11.1 Å². The summed E-state index contributed by atoms with van der Waals surface area (Å²) < 4.78 is 57.5. The number of benzene rings is 2. The van der Waals surface area contributed by atoms with Gasteiger partial charge in [0.1, 0.15) is 17.7 Å². The van der Waals surface area contributed by atoms with Crippen LogP contribution in [0.1, 0.15) is 51.5 Å². The standard InChI is InChI=1S/C27H32BrF4N5O2/c1-15(38)26(39)36(11-10-21(33)23(31)32)22(27(2,3)4)25-34-24(19-13-18(29)8-9-20(19)30)35-37(25)14-16-6-5-7-17(28)12-16/h5-9,12-13,15,21-23,38H,10-11,14,33H2,1-4H3/t15-,21-,22?/m0/s1. The number of nitrogens with two attached hydrogens (primary N) is 1. The first-order valence-corrected chi connectivity index (χ1v) is 13.1. The maximum atomic E-state index is 14.7. The summed E-state index contributed by atoms with van der Waals surface area (Å²) in [6.45, 7) is 6.67. The van der Waals surface area contributed by atoms with Crippen molar-refractivity contribution in [3.05, 3.63) is 70.0 Å². The summed E-state index contributed by atoms with van der Waals surface area (Å²) in [5, 5.41) is 14.7. The van der Waals surface area contributed by atoms with Crippen LogP contribution in [-0.4, -0.2) is 55.8 Å². The van der Waals surface area contributed by atoms with Crippen molar-refractivity contribution in [2.75, 3.05) is 6.54 Å². The SMILES string of the molecule is C[C@H](O)C(=O)N(CC[C@H](N)C(F)F)C(c1nc(-c2cc(F)ccc2F)nn1Cc1cccc(Br)c1)C(C)(C)C. The lowest BCUT2D eigenvalue weighted by molar-refractivity contribution is -0.145. The fourth-order valence-electron chi connectivity index (χ4n) is 4.28. The van der Waals surface area contributed by atoms with E-state index >= 15 is 0 Å². The van der Waals surface area contributed by atoms with Crippen LogP contribution in [0.25, 0.3) is 11.4 Å². The number of hydrogen-bond acceptors (Lipinski definition) is 5. The van der Waals surface area contributed by atoms with E-state index in [1.54, 1.807) is 0 Å². The van der Waals surface area contributed by atoms with Crippen molar-refractivity contribution in [3.8, 4) is 11.4 Å². The summed E-state index contributed by atoms with van der Waals surface area (Å²) in [6.07, 6.45) is -4.49. The minimum Gasteiger partial charge on any atom is -0.384 e. The summed E-state index contributed by atoms with van der Waals surface area (Å²) in [5.41, 5.74) is 5.43. The molecule has 0 saturated carbocycles. The number of aliphatic hydroxyl groups is 1. The molecular formula is C27H32BrF4N5O2. The molecule has 1 heterocycles. The average molecular weight is 614 g/mol. The van der Waals surface area contributed by atoms with Gasteiger partial charge in [-0.05, 0) is 54.7 Å². The lowest BCUT2D eigenvalue weighted by atomic mass is 9.84. The van der Waals surface area contributed by atoms with Crippen molar-refractivity contribution in [1.82, 2.24) is 19.7 Å². The molecule has 3 aromatic rings. The van der Waals surface area contributed by atoms with Crippen LogP contribution in [0.3, 0.4) is 0 Å². The highest BCUT2D eigenvalue weighted by Crippen LogP contribution is 2.39. The zero-order valence-electron chi connectivity index (χ0n) is 22.1. The Labute approximate surface area is 233 Å². The zero-order chi connectivity index (χ0) is 29.1. The molecule has 0 aliphatic rings. The topological polar surface area (TPSA) is 97.3 Å². The fraction of sp³-hybridized carbons (Fsp3) is 0.444. The van der Waals surface area contributed by atoms with E-state index < -0.39 is 47.6 Å². The molecule has 1 aromatic heterocycles. The van der Waals surface area contributed by atoms with E-state index in [1.165, 1.54) is 16.5 Å². The van der Waals surface area contributed by atoms with Crippen molar-refractivity contribution >= 4 is 21.8 Å². The van der Waals surface area contributed by atoms with E-state index in [-0.39, 0.29) is 36.7 Å². The molecule has 0 saturated heterocycles. The molecule has 1 amide bonds. The lowest BCUT2D eigenvalue weighted by Crippen LogP contribution is -2.48. The molecule has 3 atom stereocenters. The largest absolute Gasteiger partial charge is 0.384 e. The molecule has 7 nitrogen and oxygen atoms in total. The van der Waals surface area contributed by atoms with Crippen LogP contribution in [-0.2, 0) is 11.3 Å². The Morgan fingerprint density at radius 2 is 1.87 bits per heavy atom. The molecule has 0 spiro atoms. The van der Waals surface area contributed by atoms with E-state index in [2.05, 4.69) is 26.0 Å². The van der Waals surface area contributed by atoms with Crippen LogP contribution < -0.4 is 5.73 Å². The number of carbonyl (C=O) groups excluding carboxylic acids is 1. The Balaban J connectivity index is 2.22. The Morgan fingerprint density at radius 3 is 2.46 bits per heavy atom. The van der Waals surface area contributed by atoms with Gasteiger partial charge >= 0.3 is 0 Å². The maximum absolute atomic E-state index is 14.7. The molecule has 39 heavy (non-hydrogen) atoms. The number of carbonyl (C=O) groups is 1. The maximum Gasteiger partial charge on any atom is 0.253 e. The second kappa shape index (κ2) is 12.6. The minimum absolute atomic E-state index is 0.111. The van der Waals surface area contributed by atoms with Gasteiger partial charge in [0, 0.05) is 11.0 Å². The Kier molecular flexibility index (Phi) is 9.89. The van der Waals surface area contributed by atoms with Gasteiger partial charge in [-0.1, -0.05) is 48.8 Å². The molecule has 0 fully saturated rings. The number of alkyl halides is 2. The van der Waals surface area contributed by atoms with Crippen LogP contribution in [0.5, 0.6) is 0 Å². The summed E-state index contributed by atoms with van der Waals surface area (Å²) in [5.74, 6) is -2.04. The van der Waals surface area contributed by atoms with Crippen molar-refractivity contribution in [1.29, 1.82) is 0 Å². The van der Waals surface area contributed by atoms with Crippen molar-refractivity contribution < 1.29 is 27.5 Å². The molecule has 212 valence electrons. The van der Waals surface area contributed by atoms with Gasteiger partial charge in [-0.15, -0.1) is 0 Å². The Bertz CT molecular complexity index is 1300. The predicted octanol–water partition coefficient (Wildman–Crippen LogP) is 5.31. The number of nitrogens with zero attached hydrogens (tertiary/aromatic N) is 4. The zero-order valence-corrected chi connectivity index (χ0v) is 23.7. The third kappa shape index (κ3) is 7.64. The van der Waals surface area contributed by atoms with E-state index in [0.29, 0.717) is 0 Å². The second-order valence-electron chi connectivity index (χ2n) is 10.5. The Morgan fingerprint density at radius 1 is 1.18 bits per heavy atom. The number of rotatable bonds is 10. The van der Waals surface area contributed by atoms with Gasteiger partial charge in [-0.3, -0.25) is 4.79 Å². The first kappa shape index (κ1) is 30.7. The highest BCUT2D eigenvalue weighted by molar-refractivity contribution is 9.10. The smallest absolute Gasteiger partial charge is 0.253 e. The van der Waals surface area contributed by atoms with Crippen LogP contribution in [0, 0.1) is 17.0 Å². The number of aliphatic hydroxyl groups excluding tert-OH is 1. The van der Waals surface area contributed by atoms with Gasteiger partial charge in [-0.2, -0.15) is 5.10 Å². The van der Waals surface area contributed by atoms with Gasteiger partial charge in [0.25, 0.3) is 12.3 Å². The van der Waals surface area contributed by atoms with Gasteiger partial charge in [0.05, 0.1) is 24.2 Å². The molecule has 0 bridgehead atoms. The highest BCUT2D eigenvalue weighted by Gasteiger charge is 2.40. The van der Waals surface area contributed by atoms with E-state index in [4.69, 9.17) is 5.73 Å². The Hall–Kier alpha value is -2.83. The molecule has 12 heteroatoms. The summed E-state index contributed by atoms with van der Waals surface area (Å²) in [4.78, 5) is 19.1. The second-order valence-corrected chi connectivity index (χ2v) is 11.4. The molecule has 2 aromatic carbocycles. The molecule has 1 unspecified atom stereocenters. The third-order valence-corrected chi connectivity index (χ3v) is 6.63. The summed E-state index contributed by atoms with van der Waals surface area (Å²) >= 11 is 3.43. The number of halogens is 5. The van der Waals surface area contributed by atoms with Crippen molar-refractivity contribution in [2.45, 2.75) is 65.3 Å². The quantitative estimate of drug-likeness (QED) is 0.302. The number of aromatic nitrogens is 3. The fourth-order valence-corrected chi connectivity index (χ4v) is 4.73. The number of amides is 1. The molecule has 0 radical (unpaired) electrons. The molecule has 0 aliphatic heterocycles.